The summed E-state index contributed by atoms with van der Waals surface area (Å²) in [4.78, 5) is 36.6. The van der Waals surface area contributed by atoms with E-state index in [-0.39, 0.29) is 69.6 Å². The standard InChI is InChI=1S/C44H42Cl3NO11/c1-53-33-17-13-31(14-18-33)44(30-10-6-4-7-11-30,32-15-19-34(54-2)20-16-32)58-22-9-5-8-12-42(49)57-28-29-24-40(55-3)41(27-38(29)48(51)52)56-23-21-43(50)59-39-26-36(46)35(45)25-37(39)47/h4,6-7,10-11,13-20,24-27H,5,8-9,12,21-23,28H2,1-3H3. The van der Waals surface area contributed by atoms with Crippen LogP contribution in [0.4, 0.5) is 5.69 Å². The Morgan fingerprint density at radius 3 is 1.83 bits per heavy atom. The number of carbonyl (C=O) groups excluding carboxylic acids is 2. The molecule has 5 aromatic carbocycles. The third-order valence-corrected chi connectivity index (χ3v) is 10.2. The maximum absolute atomic E-state index is 12.8. The molecule has 0 spiro atoms. The van der Waals surface area contributed by atoms with E-state index in [9.17, 15) is 19.7 Å². The van der Waals surface area contributed by atoms with Crippen molar-refractivity contribution in [3.05, 3.63) is 151 Å². The predicted octanol–water partition coefficient (Wildman–Crippen LogP) is 10.6. The fourth-order valence-electron chi connectivity index (χ4n) is 6.23. The number of methoxy groups -OCH3 is 3. The molecule has 310 valence electrons. The Morgan fingerprint density at radius 2 is 1.24 bits per heavy atom. The van der Waals surface area contributed by atoms with E-state index in [1.807, 2.05) is 78.9 Å². The largest absolute Gasteiger partial charge is 0.497 e. The average molecular weight is 867 g/mol. The van der Waals surface area contributed by atoms with Crippen molar-refractivity contribution in [2.75, 3.05) is 34.5 Å². The first-order valence-corrected chi connectivity index (χ1v) is 19.6. The van der Waals surface area contributed by atoms with Gasteiger partial charge in [0.2, 0.25) is 0 Å². The second-order valence-corrected chi connectivity index (χ2v) is 14.2. The summed E-state index contributed by atoms with van der Waals surface area (Å²) in [5.74, 6) is 0.387. The third-order valence-electron chi connectivity index (χ3n) is 9.23. The Morgan fingerprint density at radius 1 is 0.627 bits per heavy atom. The van der Waals surface area contributed by atoms with Crippen molar-refractivity contribution < 1.29 is 47.7 Å². The quantitative estimate of drug-likeness (QED) is 0.0132. The van der Waals surface area contributed by atoms with E-state index in [4.69, 9.17) is 68.0 Å². The number of carbonyl (C=O) groups is 2. The molecule has 0 fully saturated rings. The van der Waals surface area contributed by atoms with Crippen LogP contribution in [-0.4, -0.2) is 51.4 Å². The highest BCUT2D eigenvalue weighted by atomic mass is 35.5. The first-order valence-electron chi connectivity index (χ1n) is 18.5. The van der Waals surface area contributed by atoms with Crippen molar-refractivity contribution in [3.63, 3.8) is 0 Å². The van der Waals surface area contributed by atoms with E-state index in [1.54, 1.807) is 14.2 Å². The number of hydrogen-bond acceptors (Lipinski definition) is 11. The topological polar surface area (TPSA) is 142 Å². The van der Waals surface area contributed by atoms with Crippen molar-refractivity contribution in [1.29, 1.82) is 0 Å². The van der Waals surface area contributed by atoms with Gasteiger partial charge in [0.15, 0.2) is 17.2 Å². The fraction of sp³-hybridized carbons (Fsp3) is 0.273. The molecule has 15 heteroatoms. The molecule has 0 aliphatic rings. The maximum Gasteiger partial charge on any atom is 0.314 e. The van der Waals surface area contributed by atoms with Gasteiger partial charge in [0, 0.05) is 19.1 Å². The number of nitro benzene ring substituents is 1. The van der Waals surface area contributed by atoms with Crippen LogP contribution in [0.15, 0.2) is 103 Å². The molecule has 0 radical (unpaired) electrons. The minimum absolute atomic E-state index is 0.00660. The molecule has 0 saturated carbocycles. The zero-order valence-corrected chi connectivity index (χ0v) is 34.8. The second-order valence-electron chi connectivity index (χ2n) is 13.0. The van der Waals surface area contributed by atoms with Gasteiger partial charge in [-0.2, -0.15) is 0 Å². The molecule has 0 N–H and O–H groups in total. The zero-order chi connectivity index (χ0) is 42.4. The number of ether oxygens (including phenoxy) is 7. The lowest BCUT2D eigenvalue weighted by Crippen LogP contribution is -2.33. The number of unbranched alkanes of at least 4 members (excludes halogenated alkanes) is 2. The highest BCUT2D eigenvalue weighted by Gasteiger charge is 2.37. The fourth-order valence-corrected chi connectivity index (χ4v) is 6.80. The zero-order valence-electron chi connectivity index (χ0n) is 32.5. The van der Waals surface area contributed by atoms with E-state index in [1.165, 1.54) is 25.3 Å². The first-order chi connectivity index (χ1) is 28.5. The van der Waals surface area contributed by atoms with Crippen LogP contribution in [0.2, 0.25) is 15.1 Å². The van der Waals surface area contributed by atoms with Gasteiger partial charge in [0.05, 0.1) is 66.0 Å². The lowest BCUT2D eigenvalue weighted by molar-refractivity contribution is -0.385. The minimum atomic E-state index is -0.955. The van der Waals surface area contributed by atoms with Crippen LogP contribution >= 0.6 is 34.8 Å². The first kappa shape index (κ1) is 44.6. The number of hydrogen-bond donors (Lipinski definition) is 0. The lowest BCUT2D eigenvalue weighted by atomic mass is 9.80. The Hall–Kier alpha value is -5.53. The Balaban J connectivity index is 1.16. The predicted molar refractivity (Wildman–Crippen MR) is 223 cm³/mol. The van der Waals surface area contributed by atoms with Gasteiger partial charge in [0.25, 0.3) is 5.69 Å². The minimum Gasteiger partial charge on any atom is -0.497 e. The SMILES string of the molecule is COc1ccc(C(OCCCCCC(=O)OCc2cc(OC)c(OCCC(=O)Oc3cc(Cl)c(Cl)cc3Cl)cc2[N+](=O)[O-])(c2ccccc2)c2ccc(OC)cc2)cc1. The molecule has 0 aliphatic heterocycles. The summed E-state index contributed by atoms with van der Waals surface area (Å²) in [7, 11) is 4.59. The van der Waals surface area contributed by atoms with E-state index in [0.717, 1.165) is 34.3 Å². The van der Waals surface area contributed by atoms with Crippen LogP contribution < -0.4 is 23.7 Å². The van der Waals surface area contributed by atoms with Crippen LogP contribution in [0.25, 0.3) is 0 Å². The molecular weight excluding hydrogens is 825 g/mol. The van der Waals surface area contributed by atoms with Crippen LogP contribution in [0.5, 0.6) is 28.7 Å². The highest BCUT2D eigenvalue weighted by molar-refractivity contribution is 6.43. The van der Waals surface area contributed by atoms with Crippen LogP contribution in [0.1, 0.15) is 54.4 Å². The van der Waals surface area contributed by atoms with Gasteiger partial charge >= 0.3 is 11.9 Å². The number of nitrogens with zero attached hydrogens (tertiary/aromatic N) is 1. The summed E-state index contributed by atoms with van der Waals surface area (Å²) in [6.45, 7) is -0.203. The normalized spacial score (nSPS) is 11.1. The van der Waals surface area contributed by atoms with E-state index in [2.05, 4.69) is 0 Å². The number of benzene rings is 5. The highest BCUT2D eigenvalue weighted by Crippen LogP contribution is 2.42. The summed E-state index contributed by atoms with van der Waals surface area (Å²) >= 11 is 18.0. The number of rotatable bonds is 21. The van der Waals surface area contributed by atoms with Crippen molar-refractivity contribution in [3.8, 4) is 28.7 Å². The van der Waals surface area contributed by atoms with Gasteiger partial charge in [-0.3, -0.25) is 19.7 Å². The van der Waals surface area contributed by atoms with E-state index >= 15 is 0 Å². The lowest BCUT2D eigenvalue weighted by Gasteiger charge is -2.36. The average Bonchev–Trinajstić information content (AvgIpc) is 3.25. The van der Waals surface area contributed by atoms with Crippen LogP contribution in [-0.2, 0) is 31.3 Å². The van der Waals surface area contributed by atoms with Crippen molar-refractivity contribution >= 4 is 52.4 Å². The summed E-state index contributed by atoms with van der Waals surface area (Å²) in [5.41, 5.74) is 1.56. The van der Waals surface area contributed by atoms with E-state index in [0.29, 0.717) is 25.9 Å². The summed E-state index contributed by atoms with van der Waals surface area (Å²) in [6.07, 6.45) is 1.65. The molecule has 0 saturated heterocycles. The maximum atomic E-state index is 12.8. The molecule has 0 aromatic heterocycles. The number of esters is 2. The molecular formula is C44H42Cl3NO11. The molecule has 5 rings (SSSR count). The molecule has 59 heavy (non-hydrogen) atoms. The van der Waals surface area contributed by atoms with Gasteiger partial charge < -0.3 is 33.2 Å². The Bertz CT molecular complexity index is 2150. The Kier molecular flexibility index (Phi) is 16.2. The van der Waals surface area contributed by atoms with Gasteiger partial charge in [-0.25, -0.2) is 0 Å². The molecule has 0 amide bonds. The molecule has 0 unspecified atom stereocenters. The molecule has 5 aromatic rings. The van der Waals surface area contributed by atoms with Crippen LogP contribution in [0, 0.1) is 10.1 Å². The van der Waals surface area contributed by atoms with Gasteiger partial charge in [0.1, 0.15) is 23.7 Å². The molecule has 0 atom stereocenters. The molecule has 0 bridgehead atoms. The van der Waals surface area contributed by atoms with Crippen molar-refractivity contribution in [2.24, 2.45) is 0 Å². The van der Waals surface area contributed by atoms with Gasteiger partial charge in [-0.1, -0.05) is 95.8 Å². The Labute approximate surface area is 356 Å². The van der Waals surface area contributed by atoms with Crippen molar-refractivity contribution in [2.45, 2.75) is 44.3 Å². The number of nitro groups is 1. The molecule has 0 aliphatic carbocycles. The van der Waals surface area contributed by atoms with Gasteiger partial charge in [-0.15, -0.1) is 0 Å². The summed E-state index contributed by atoms with van der Waals surface area (Å²) in [5, 5.41) is 12.4. The smallest absolute Gasteiger partial charge is 0.314 e. The summed E-state index contributed by atoms with van der Waals surface area (Å²) in [6, 6.07) is 30.7. The third kappa shape index (κ3) is 11.6. The molecule has 12 nitrogen and oxygen atoms in total. The van der Waals surface area contributed by atoms with Crippen LogP contribution in [0.3, 0.4) is 0 Å². The second kappa shape index (κ2) is 21.5. The number of halogens is 3. The monoisotopic (exact) mass is 865 g/mol. The van der Waals surface area contributed by atoms with E-state index < -0.39 is 22.5 Å². The van der Waals surface area contributed by atoms with Gasteiger partial charge in [-0.05, 0) is 65.9 Å². The molecule has 0 heterocycles. The van der Waals surface area contributed by atoms with Crippen molar-refractivity contribution in [1.82, 2.24) is 0 Å². The summed E-state index contributed by atoms with van der Waals surface area (Å²) < 4.78 is 39.4.